The van der Waals surface area contributed by atoms with Crippen LogP contribution in [0, 0.1) is 5.92 Å². The predicted octanol–water partition coefficient (Wildman–Crippen LogP) is 2.49. The van der Waals surface area contributed by atoms with Gasteiger partial charge in [0.2, 0.25) is 5.91 Å². The van der Waals surface area contributed by atoms with Crippen LogP contribution in [0.25, 0.3) is 10.9 Å². The molecule has 112 valence electrons. The van der Waals surface area contributed by atoms with Gasteiger partial charge in [-0.3, -0.25) is 9.78 Å². The molecule has 0 atom stereocenters. The summed E-state index contributed by atoms with van der Waals surface area (Å²) < 4.78 is 0. The van der Waals surface area contributed by atoms with Crippen LogP contribution in [0.1, 0.15) is 26.0 Å². The number of hydrogen-bond donors (Lipinski definition) is 2. The molecular weight excluding hydrogens is 262 g/mol. The number of fused-ring (bicyclic) bond motifs is 1. The number of hydrogen-bond acceptors (Lipinski definition) is 3. The van der Waals surface area contributed by atoms with Gasteiger partial charge in [0.25, 0.3) is 0 Å². The van der Waals surface area contributed by atoms with E-state index in [1.807, 2.05) is 24.3 Å². The maximum absolute atomic E-state index is 11.6. The molecule has 2 rings (SSSR count). The van der Waals surface area contributed by atoms with E-state index in [2.05, 4.69) is 41.6 Å². The van der Waals surface area contributed by atoms with E-state index in [-0.39, 0.29) is 5.91 Å². The Bertz CT molecular complexity index is 595. The molecule has 1 aromatic heterocycles. The van der Waals surface area contributed by atoms with Crippen LogP contribution >= 0.6 is 0 Å². The Hall–Kier alpha value is -1.94. The highest BCUT2D eigenvalue weighted by Crippen LogP contribution is 2.11. The molecule has 2 aromatic rings. The van der Waals surface area contributed by atoms with Crippen molar-refractivity contribution in [3.05, 3.63) is 42.1 Å². The van der Waals surface area contributed by atoms with Crippen LogP contribution in [0.15, 0.2) is 36.4 Å². The number of para-hydroxylation sites is 1. The molecule has 1 amide bonds. The van der Waals surface area contributed by atoms with Gasteiger partial charge in [0.1, 0.15) is 0 Å². The summed E-state index contributed by atoms with van der Waals surface area (Å²) in [4.78, 5) is 16.2. The van der Waals surface area contributed by atoms with Crippen LogP contribution in [0.3, 0.4) is 0 Å². The number of benzene rings is 1. The van der Waals surface area contributed by atoms with Crippen molar-refractivity contribution in [2.24, 2.45) is 5.92 Å². The van der Waals surface area contributed by atoms with Gasteiger partial charge >= 0.3 is 0 Å². The predicted molar refractivity (Wildman–Crippen MR) is 85.9 cm³/mol. The monoisotopic (exact) mass is 285 g/mol. The molecule has 0 saturated carbocycles. The Morgan fingerprint density at radius 2 is 2.00 bits per heavy atom. The first kappa shape index (κ1) is 15.4. The zero-order chi connectivity index (χ0) is 15.1. The largest absolute Gasteiger partial charge is 0.356 e. The van der Waals surface area contributed by atoms with Crippen LogP contribution in [0.4, 0.5) is 0 Å². The lowest BCUT2D eigenvalue weighted by atomic mass is 10.2. The Labute approximate surface area is 126 Å². The lowest BCUT2D eigenvalue weighted by molar-refractivity contribution is -0.121. The summed E-state index contributed by atoms with van der Waals surface area (Å²) in [6.07, 6.45) is 0.500. The number of pyridine rings is 1. The van der Waals surface area contributed by atoms with E-state index in [0.29, 0.717) is 25.4 Å². The normalized spacial score (nSPS) is 11.0. The van der Waals surface area contributed by atoms with Crippen molar-refractivity contribution in [3.8, 4) is 0 Å². The number of amides is 1. The molecule has 1 aromatic carbocycles. The molecule has 0 saturated heterocycles. The second-order valence-corrected chi connectivity index (χ2v) is 5.62. The third-order valence-electron chi connectivity index (χ3n) is 3.20. The van der Waals surface area contributed by atoms with Crippen molar-refractivity contribution >= 4 is 16.8 Å². The summed E-state index contributed by atoms with van der Waals surface area (Å²) in [7, 11) is 0. The quantitative estimate of drug-likeness (QED) is 0.768. The molecule has 4 nitrogen and oxygen atoms in total. The SMILES string of the molecule is CC(C)CNC(=O)CCNCc1ccc2ccccc2n1. The minimum Gasteiger partial charge on any atom is -0.356 e. The van der Waals surface area contributed by atoms with E-state index in [1.54, 1.807) is 0 Å². The fourth-order valence-electron chi connectivity index (χ4n) is 2.03. The maximum atomic E-state index is 11.6. The Morgan fingerprint density at radius 1 is 1.19 bits per heavy atom. The molecule has 0 aliphatic heterocycles. The molecule has 0 aliphatic carbocycles. The first-order valence-corrected chi connectivity index (χ1v) is 7.47. The van der Waals surface area contributed by atoms with Gasteiger partial charge in [-0.2, -0.15) is 0 Å². The molecule has 0 radical (unpaired) electrons. The molecule has 0 bridgehead atoms. The first-order valence-electron chi connectivity index (χ1n) is 7.47. The highest BCUT2D eigenvalue weighted by molar-refractivity contribution is 5.78. The van der Waals surface area contributed by atoms with Gasteiger partial charge in [-0.15, -0.1) is 0 Å². The fourth-order valence-corrected chi connectivity index (χ4v) is 2.03. The number of rotatable bonds is 7. The summed E-state index contributed by atoms with van der Waals surface area (Å²) in [5.74, 6) is 0.589. The van der Waals surface area contributed by atoms with Crippen molar-refractivity contribution in [1.29, 1.82) is 0 Å². The lowest BCUT2D eigenvalue weighted by Crippen LogP contribution is -2.30. The summed E-state index contributed by atoms with van der Waals surface area (Å²) in [5.41, 5.74) is 2.00. The Morgan fingerprint density at radius 3 is 2.81 bits per heavy atom. The highest BCUT2D eigenvalue weighted by atomic mass is 16.1. The molecular formula is C17H23N3O. The number of carbonyl (C=O) groups excluding carboxylic acids is 1. The lowest BCUT2D eigenvalue weighted by Gasteiger charge is -2.08. The average Bonchev–Trinajstić information content (AvgIpc) is 2.49. The van der Waals surface area contributed by atoms with Crippen molar-refractivity contribution in [2.75, 3.05) is 13.1 Å². The third kappa shape index (κ3) is 5.16. The van der Waals surface area contributed by atoms with Crippen LogP contribution < -0.4 is 10.6 Å². The number of aromatic nitrogens is 1. The Kier molecular flexibility index (Phi) is 5.69. The van der Waals surface area contributed by atoms with Gasteiger partial charge in [-0.05, 0) is 18.1 Å². The minimum atomic E-state index is 0.0997. The third-order valence-corrected chi connectivity index (χ3v) is 3.20. The van der Waals surface area contributed by atoms with Crippen LogP contribution in [0.5, 0.6) is 0 Å². The van der Waals surface area contributed by atoms with Gasteiger partial charge in [-0.25, -0.2) is 0 Å². The molecule has 2 N–H and O–H groups in total. The van der Waals surface area contributed by atoms with E-state index in [1.165, 1.54) is 0 Å². The van der Waals surface area contributed by atoms with Gasteiger partial charge < -0.3 is 10.6 Å². The van der Waals surface area contributed by atoms with Crippen molar-refractivity contribution in [1.82, 2.24) is 15.6 Å². The number of nitrogens with one attached hydrogen (secondary N) is 2. The topological polar surface area (TPSA) is 54.0 Å². The van der Waals surface area contributed by atoms with Gasteiger partial charge in [0, 0.05) is 31.4 Å². The highest BCUT2D eigenvalue weighted by Gasteiger charge is 2.02. The second-order valence-electron chi connectivity index (χ2n) is 5.62. The van der Waals surface area contributed by atoms with Crippen LogP contribution in [-0.2, 0) is 11.3 Å². The smallest absolute Gasteiger partial charge is 0.221 e. The van der Waals surface area contributed by atoms with E-state index >= 15 is 0 Å². The van der Waals surface area contributed by atoms with Crippen molar-refractivity contribution in [2.45, 2.75) is 26.8 Å². The van der Waals surface area contributed by atoms with Gasteiger partial charge in [0.05, 0.1) is 11.2 Å². The molecule has 21 heavy (non-hydrogen) atoms. The number of carbonyl (C=O) groups is 1. The molecule has 0 spiro atoms. The molecule has 0 fully saturated rings. The minimum absolute atomic E-state index is 0.0997. The van der Waals surface area contributed by atoms with Crippen LogP contribution in [-0.4, -0.2) is 24.0 Å². The fraction of sp³-hybridized carbons (Fsp3) is 0.412. The summed E-state index contributed by atoms with van der Waals surface area (Å²) in [5, 5.41) is 7.32. The first-order chi connectivity index (χ1) is 10.1. The zero-order valence-corrected chi connectivity index (χ0v) is 12.7. The van der Waals surface area contributed by atoms with Crippen molar-refractivity contribution < 1.29 is 4.79 Å². The summed E-state index contributed by atoms with van der Waals surface area (Å²) in [6.45, 7) is 6.26. The van der Waals surface area contributed by atoms with Crippen molar-refractivity contribution in [3.63, 3.8) is 0 Å². The number of nitrogens with zero attached hydrogens (tertiary/aromatic N) is 1. The Balaban J connectivity index is 1.73. The second kappa shape index (κ2) is 7.74. The van der Waals surface area contributed by atoms with Crippen LogP contribution in [0.2, 0.25) is 0 Å². The molecule has 0 aliphatic rings. The van der Waals surface area contributed by atoms with Gasteiger partial charge in [-0.1, -0.05) is 38.1 Å². The molecule has 0 unspecified atom stereocenters. The molecule has 1 heterocycles. The van der Waals surface area contributed by atoms with E-state index < -0.39 is 0 Å². The van der Waals surface area contributed by atoms with Gasteiger partial charge in [0.15, 0.2) is 0 Å². The maximum Gasteiger partial charge on any atom is 0.221 e. The van der Waals surface area contributed by atoms with E-state index in [0.717, 1.165) is 23.1 Å². The zero-order valence-electron chi connectivity index (χ0n) is 12.7. The van der Waals surface area contributed by atoms with E-state index in [4.69, 9.17) is 0 Å². The average molecular weight is 285 g/mol. The standard InChI is InChI=1S/C17H23N3O/c1-13(2)11-19-17(21)9-10-18-12-15-8-7-14-5-3-4-6-16(14)20-15/h3-8,13,18H,9-12H2,1-2H3,(H,19,21). The van der Waals surface area contributed by atoms with E-state index in [9.17, 15) is 4.79 Å². The summed E-state index contributed by atoms with van der Waals surface area (Å²) >= 11 is 0. The molecule has 4 heteroatoms. The summed E-state index contributed by atoms with van der Waals surface area (Å²) in [6, 6.07) is 12.2.